The number of Topliss-reactive ketones (excluding diaryl/α,β-unsaturated/α-hetero) is 1. The first-order chi connectivity index (χ1) is 10.1. The molecule has 1 unspecified atom stereocenters. The molecule has 3 aliphatic rings. The van der Waals surface area contributed by atoms with Crippen molar-refractivity contribution in [2.75, 3.05) is 13.2 Å². The van der Waals surface area contributed by atoms with E-state index in [1.807, 2.05) is 0 Å². The molecule has 1 heterocycles. The fourth-order valence-corrected chi connectivity index (χ4v) is 4.92. The largest absolute Gasteiger partial charge is 0.375 e. The molecule has 3 fully saturated rings. The molecule has 0 radical (unpaired) electrons. The molecule has 0 aromatic heterocycles. The Balaban J connectivity index is 1.71. The zero-order valence-electron chi connectivity index (χ0n) is 13.5. The molecule has 1 aliphatic heterocycles. The Labute approximate surface area is 129 Å². The first-order valence-electron chi connectivity index (χ1n) is 8.98. The summed E-state index contributed by atoms with van der Waals surface area (Å²) >= 11 is 0. The normalized spacial score (nSPS) is 39.5. The summed E-state index contributed by atoms with van der Waals surface area (Å²) in [7, 11) is 0. The van der Waals surface area contributed by atoms with Gasteiger partial charge >= 0.3 is 0 Å². The van der Waals surface area contributed by atoms with Gasteiger partial charge in [-0.3, -0.25) is 4.79 Å². The number of ether oxygens (including phenoxy) is 1. The van der Waals surface area contributed by atoms with Crippen molar-refractivity contribution in [3.63, 3.8) is 0 Å². The summed E-state index contributed by atoms with van der Waals surface area (Å²) in [6.07, 6.45) is 11.1. The van der Waals surface area contributed by atoms with Crippen LogP contribution >= 0.6 is 0 Å². The predicted octanol–water partition coefficient (Wildman–Crippen LogP) is 3.45. The minimum Gasteiger partial charge on any atom is -0.375 e. The van der Waals surface area contributed by atoms with Gasteiger partial charge in [0.2, 0.25) is 0 Å². The summed E-state index contributed by atoms with van der Waals surface area (Å²) in [6, 6.07) is 0. The topological polar surface area (TPSA) is 52.3 Å². The molecule has 2 aliphatic carbocycles. The molecule has 0 aromatic rings. The van der Waals surface area contributed by atoms with Gasteiger partial charge in [-0.1, -0.05) is 19.8 Å². The van der Waals surface area contributed by atoms with Gasteiger partial charge < -0.3 is 10.5 Å². The number of carbonyl (C=O) groups is 1. The highest BCUT2D eigenvalue weighted by Gasteiger charge is 2.47. The van der Waals surface area contributed by atoms with Crippen LogP contribution in [0.1, 0.15) is 71.1 Å². The molecule has 21 heavy (non-hydrogen) atoms. The summed E-state index contributed by atoms with van der Waals surface area (Å²) in [4.78, 5) is 13.2. The summed E-state index contributed by atoms with van der Waals surface area (Å²) in [5, 5.41) is 0. The summed E-state index contributed by atoms with van der Waals surface area (Å²) in [5.74, 6) is 1.44. The van der Waals surface area contributed by atoms with Crippen LogP contribution in [-0.4, -0.2) is 24.5 Å². The average molecular weight is 293 g/mol. The van der Waals surface area contributed by atoms with Gasteiger partial charge in [0.1, 0.15) is 5.78 Å². The minimum absolute atomic E-state index is 0.0380. The van der Waals surface area contributed by atoms with Gasteiger partial charge in [0.15, 0.2) is 0 Å². The fraction of sp³-hybridized carbons (Fsp3) is 0.944. The Bertz CT molecular complexity index is 379. The molecule has 0 amide bonds. The first-order valence-corrected chi connectivity index (χ1v) is 8.98. The second-order valence-electron chi connectivity index (χ2n) is 7.96. The zero-order chi connectivity index (χ0) is 14.9. The van der Waals surface area contributed by atoms with Gasteiger partial charge in [0.25, 0.3) is 0 Å². The van der Waals surface area contributed by atoms with E-state index in [1.165, 1.54) is 12.8 Å². The van der Waals surface area contributed by atoms with Crippen LogP contribution < -0.4 is 5.73 Å². The Morgan fingerprint density at radius 1 is 1.14 bits per heavy atom. The molecule has 3 heteroatoms. The molecular weight excluding hydrogens is 262 g/mol. The lowest BCUT2D eigenvalue weighted by atomic mass is 9.64. The smallest absolute Gasteiger partial charge is 0.143 e. The van der Waals surface area contributed by atoms with Crippen molar-refractivity contribution in [1.29, 1.82) is 0 Å². The number of hydrogen-bond acceptors (Lipinski definition) is 3. The van der Waals surface area contributed by atoms with Crippen LogP contribution in [0.15, 0.2) is 0 Å². The highest BCUT2D eigenvalue weighted by Crippen LogP contribution is 2.47. The maximum Gasteiger partial charge on any atom is 0.143 e. The van der Waals surface area contributed by atoms with Crippen molar-refractivity contribution in [2.24, 2.45) is 23.0 Å². The predicted molar refractivity (Wildman–Crippen MR) is 84.0 cm³/mol. The summed E-state index contributed by atoms with van der Waals surface area (Å²) in [5.41, 5.74) is 5.91. The number of rotatable bonds is 3. The van der Waals surface area contributed by atoms with Crippen LogP contribution in [0.5, 0.6) is 0 Å². The molecule has 3 nitrogen and oxygen atoms in total. The Morgan fingerprint density at radius 3 is 2.43 bits per heavy atom. The van der Waals surface area contributed by atoms with E-state index in [1.54, 1.807) is 0 Å². The Kier molecular flexibility index (Phi) is 4.42. The number of nitrogens with two attached hydrogens (primary N) is 1. The van der Waals surface area contributed by atoms with Gasteiger partial charge in [-0.2, -0.15) is 0 Å². The van der Waals surface area contributed by atoms with Gasteiger partial charge in [-0.05, 0) is 57.3 Å². The van der Waals surface area contributed by atoms with E-state index >= 15 is 0 Å². The third-order valence-electron chi connectivity index (χ3n) is 6.52. The van der Waals surface area contributed by atoms with E-state index < -0.39 is 0 Å². The molecule has 1 atom stereocenters. The quantitative estimate of drug-likeness (QED) is 0.867. The van der Waals surface area contributed by atoms with Gasteiger partial charge in [0.05, 0.1) is 5.60 Å². The first kappa shape index (κ1) is 15.5. The number of hydrogen-bond donors (Lipinski definition) is 1. The van der Waals surface area contributed by atoms with Crippen molar-refractivity contribution in [3.05, 3.63) is 0 Å². The highest BCUT2D eigenvalue weighted by atomic mass is 16.5. The SMILES string of the molecule is CC1CCC(CN)(C(=O)C2CCOC3(CCCC3)C2)CC1. The monoisotopic (exact) mass is 293 g/mol. The Morgan fingerprint density at radius 2 is 1.81 bits per heavy atom. The molecule has 3 rings (SSSR count). The van der Waals surface area contributed by atoms with Crippen LogP contribution in [0, 0.1) is 17.3 Å². The number of ketones is 1. The van der Waals surface area contributed by atoms with E-state index in [9.17, 15) is 4.79 Å². The standard InChI is InChI=1S/C18H31NO2/c1-14-4-9-17(13-19,10-5-14)16(20)15-6-11-21-18(12-15)7-2-3-8-18/h14-15H,2-13,19H2,1H3. The zero-order valence-corrected chi connectivity index (χ0v) is 13.5. The lowest BCUT2D eigenvalue weighted by molar-refractivity contribution is -0.147. The molecule has 120 valence electrons. The van der Waals surface area contributed by atoms with Crippen molar-refractivity contribution in [1.82, 2.24) is 0 Å². The van der Waals surface area contributed by atoms with Gasteiger partial charge in [0, 0.05) is 24.5 Å². The van der Waals surface area contributed by atoms with E-state index in [-0.39, 0.29) is 16.9 Å². The van der Waals surface area contributed by atoms with Crippen LogP contribution in [-0.2, 0) is 9.53 Å². The van der Waals surface area contributed by atoms with Crippen molar-refractivity contribution in [2.45, 2.75) is 76.7 Å². The maximum absolute atomic E-state index is 13.2. The molecule has 2 N–H and O–H groups in total. The summed E-state index contributed by atoms with van der Waals surface area (Å²) in [6.45, 7) is 3.61. The molecule has 0 bridgehead atoms. The molecule has 1 spiro atoms. The lowest BCUT2D eigenvalue weighted by Crippen LogP contribution is -2.48. The second kappa shape index (κ2) is 6.00. The van der Waals surface area contributed by atoms with Crippen LogP contribution in [0.25, 0.3) is 0 Å². The third-order valence-corrected chi connectivity index (χ3v) is 6.52. The van der Waals surface area contributed by atoms with Crippen LogP contribution in [0.4, 0.5) is 0 Å². The average Bonchev–Trinajstić information content (AvgIpc) is 2.95. The second-order valence-corrected chi connectivity index (χ2v) is 7.96. The number of carbonyl (C=O) groups excluding carboxylic acids is 1. The van der Waals surface area contributed by atoms with E-state index in [4.69, 9.17) is 10.5 Å². The minimum atomic E-state index is -0.214. The van der Waals surface area contributed by atoms with Crippen molar-refractivity contribution < 1.29 is 9.53 Å². The van der Waals surface area contributed by atoms with E-state index in [2.05, 4.69) is 6.92 Å². The van der Waals surface area contributed by atoms with Crippen LogP contribution in [0.3, 0.4) is 0 Å². The third kappa shape index (κ3) is 2.92. The van der Waals surface area contributed by atoms with Crippen molar-refractivity contribution in [3.8, 4) is 0 Å². The fourth-order valence-electron chi connectivity index (χ4n) is 4.92. The van der Waals surface area contributed by atoms with Gasteiger partial charge in [-0.25, -0.2) is 0 Å². The maximum atomic E-state index is 13.2. The highest BCUT2D eigenvalue weighted by molar-refractivity contribution is 5.87. The lowest BCUT2D eigenvalue weighted by Gasteiger charge is -2.43. The molecular formula is C18H31NO2. The summed E-state index contributed by atoms with van der Waals surface area (Å²) < 4.78 is 6.09. The van der Waals surface area contributed by atoms with Crippen LogP contribution in [0.2, 0.25) is 0 Å². The Hall–Kier alpha value is -0.410. The molecule has 1 saturated heterocycles. The van der Waals surface area contributed by atoms with E-state index in [0.717, 1.165) is 63.9 Å². The molecule has 0 aromatic carbocycles. The van der Waals surface area contributed by atoms with E-state index in [0.29, 0.717) is 12.3 Å². The van der Waals surface area contributed by atoms with Gasteiger partial charge in [-0.15, -0.1) is 0 Å². The molecule has 2 saturated carbocycles. The van der Waals surface area contributed by atoms with Crippen molar-refractivity contribution >= 4 is 5.78 Å².